The molecule has 0 N–H and O–H groups in total. The molecule has 0 nitrogen and oxygen atoms in total. The van der Waals surface area contributed by atoms with Gasteiger partial charge in [-0.05, 0) is 36.0 Å². The second-order valence-electron chi connectivity index (χ2n) is 4.56. The standard InChI is InChI=1S/C13H16ClF3/c1-9(2)11(8-14)7-10-3-5-12(6-4-10)13(15,16)17/h3-6,9,11H,7-8H2,1-2H3. The first kappa shape index (κ1) is 14.4. The molecular weight excluding hydrogens is 249 g/mol. The van der Waals surface area contributed by atoms with Crippen LogP contribution in [0.2, 0.25) is 0 Å². The zero-order chi connectivity index (χ0) is 13.1. The van der Waals surface area contributed by atoms with Crippen LogP contribution in [0, 0.1) is 11.8 Å². The minimum atomic E-state index is -4.26. The van der Waals surface area contributed by atoms with Gasteiger partial charge in [-0.3, -0.25) is 0 Å². The van der Waals surface area contributed by atoms with Crippen molar-refractivity contribution in [1.29, 1.82) is 0 Å². The van der Waals surface area contributed by atoms with Gasteiger partial charge in [0.05, 0.1) is 5.56 Å². The predicted molar refractivity (Wildman–Crippen MR) is 64.2 cm³/mol. The van der Waals surface area contributed by atoms with Crippen molar-refractivity contribution in [2.45, 2.75) is 26.4 Å². The number of rotatable bonds is 4. The lowest BCUT2D eigenvalue weighted by Crippen LogP contribution is -2.14. The Balaban J connectivity index is 2.75. The summed E-state index contributed by atoms with van der Waals surface area (Å²) in [5.74, 6) is 1.25. The average molecular weight is 265 g/mol. The number of benzene rings is 1. The van der Waals surface area contributed by atoms with Crippen LogP contribution in [0.25, 0.3) is 0 Å². The molecule has 1 atom stereocenters. The summed E-state index contributed by atoms with van der Waals surface area (Å²) >= 11 is 5.84. The largest absolute Gasteiger partial charge is 0.416 e. The molecule has 0 amide bonds. The van der Waals surface area contributed by atoms with Crippen LogP contribution >= 0.6 is 11.6 Å². The molecule has 0 radical (unpaired) electrons. The minimum absolute atomic E-state index is 0.299. The van der Waals surface area contributed by atoms with Crippen molar-refractivity contribution in [1.82, 2.24) is 0 Å². The second kappa shape index (κ2) is 5.76. The Morgan fingerprint density at radius 1 is 1.12 bits per heavy atom. The normalized spacial score (nSPS) is 14.1. The summed E-state index contributed by atoms with van der Waals surface area (Å²) < 4.78 is 37.1. The fraction of sp³-hybridized carbons (Fsp3) is 0.538. The number of hydrogen-bond donors (Lipinski definition) is 0. The highest BCUT2D eigenvalue weighted by Gasteiger charge is 2.30. The molecular formula is C13H16ClF3. The Kier molecular flexibility index (Phi) is 4.87. The van der Waals surface area contributed by atoms with Crippen LogP contribution in [0.1, 0.15) is 25.0 Å². The van der Waals surface area contributed by atoms with Crippen LogP contribution in [-0.2, 0) is 12.6 Å². The van der Waals surface area contributed by atoms with Gasteiger partial charge < -0.3 is 0 Å². The van der Waals surface area contributed by atoms with Crippen molar-refractivity contribution in [3.63, 3.8) is 0 Å². The molecule has 4 heteroatoms. The predicted octanol–water partition coefficient (Wildman–Crippen LogP) is 4.76. The van der Waals surface area contributed by atoms with Gasteiger partial charge >= 0.3 is 6.18 Å². The summed E-state index contributed by atoms with van der Waals surface area (Å²) in [7, 11) is 0. The van der Waals surface area contributed by atoms with Gasteiger partial charge in [-0.15, -0.1) is 11.6 Å². The SMILES string of the molecule is CC(C)C(CCl)Cc1ccc(C(F)(F)F)cc1. The van der Waals surface area contributed by atoms with Gasteiger partial charge in [0.1, 0.15) is 0 Å². The first-order valence-electron chi connectivity index (χ1n) is 5.56. The summed E-state index contributed by atoms with van der Waals surface area (Å²) in [6, 6.07) is 5.32. The van der Waals surface area contributed by atoms with E-state index < -0.39 is 11.7 Å². The third-order valence-electron chi connectivity index (χ3n) is 2.92. The third-order valence-corrected chi connectivity index (χ3v) is 3.32. The van der Waals surface area contributed by atoms with Gasteiger partial charge in [0, 0.05) is 5.88 Å². The molecule has 17 heavy (non-hydrogen) atoms. The third kappa shape index (κ3) is 4.23. The molecule has 0 aliphatic heterocycles. The highest BCUT2D eigenvalue weighted by molar-refractivity contribution is 6.18. The maximum absolute atomic E-state index is 12.4. The molecule has 0 aliphatic carbocycles. The Labute approximate surface area is 105 Å². The minimum Gasteiger partial charge on any atom is -0.166 e. The summed E-state index contributed by atoms with van der Waals surface area (Å²) in [5, 5.41) is 0. The molecule has 0 spiro atoms. The van der Waals surface area contributed by atoms with Crippen LogP contribution in [0.3, 0.4) is 0 Å². The Morgan fingerprint density at radius 3 is 2.00 bits per heavy atom. The highest BCUT2D eigenvalue weighted by atomic mass is 35.5. The summed E-state index contributed by atoms with van der Waals surface area (Å²) in [6.45, 7) is 4.13. The van der Waals surface area contributed by atoms with E-state index in [1.807, 2.05) is 0 Å². The topological polar surface area (TPSA) is 0 Å². The van der Waals surface area contributed by atoms with Crippen LogP contribution < -0.4 is 0 Å². The van der Waals surface area contributed by atoms with Gasteiger partial charge in [-0.25, -0.2) is 0 Å². The van der Waals surface area contributed by atoms with Crippen LogP contribution in [0.4, 0.5) is 13.2 Å². The van der Waals surface area contributed by atoms with E-state index in [-0.39, 0.29) is 0 Å². The van der Waals surface area contributed by atoms with Crippen molar-refractivity contribution in [2.24, 2.45) is 11.8 Å². The molecule has 0 fully saturated rings. The van der Waals surface area contributed by atoms with Crippen molar-refractivity contribution in [3.05, 3.63) is 35.4 Å². The van der Waals surface area contributed by atoms with E-state index in [9.17, 15) is 13.2 Å². The van der Waals surface area contributed by atoms with Crippen LogP contribution in [0.5, 0.6) is 0 Å². The molecule has 1 aromatic carbocycles. The van der Waals surface area contributed by atoms with E-state index in [0.29, 0.717) is 17.7 Å². The summed E-state index contributed by atoms with van der Waals surface area (Å²) in [4.78, 5) is 0. The maximum atomic E-state index is 12.4. The quantitative estimate of drug-likeness (QED) is 0.688. The lowest BCUT2D eigenvalue weighted by atomic mass is 9.90. The van der Waals surface area contributed by atoms with Gasteiger partial charge in [0.25, 0.3) is 0 Å². The highest BCUT2D eigenvalue weighted by Crippen LogP contribution is 2.29. The summed E-state index contributed by atoms with van der Waals surface area (Å²) in [6.07, 6.45) is -3.54. The smallest absolute Gasteiger partial charge is 0.166 e. The molecule has 0 saturated carbocycles. The van der Waals surface area contributed by atoms with Gasteiger partial charge in [0.15, 0.2) is 0 Å². The van der Waals surface area contributed by atoms with E-state index in [0.717, 1.165) is 24.1 Å². The van der Waals surface area contributed by atoms with Crippen molar-refractivity contribution in [2.75, 3.05) is 5.88 Å². The lowest BCUT2D eigenvalue weighted by molar-refractivity contribution is -0.137. The monoisotopic (exact) mass is 264 g/mol. The maximum Gasteiger partial charge on any atom is 0.416 e. The molecule has 0 aliphatic rings. The van der Waals surface area contributed by atoms with E-state index in [1.165, 1.54) is 12.1 Å². The number of alkyl halides is 4. The molecule has 96 valence electrons. The van der Waals surface area contributed by atoms with E-state index >= 15 is 0 Å². The zero-order valence-electron chi connectivity index (χ0n) is 9.89. The number of halogens is 4. The summed E-state index contributed by atoms with van der Waals surface area (Å²) in [5.41, 5.74) is 0.297. The molecule has 0 bridgehead atoms. The van der Waals surface area contributed by atoms with Crippen molar-refractivity contribution < 1.29 is 13.2 Å². The second-order valence-corrected chi connectivity index (χ2v) is 4.87. The Bertz CT molecular complexity index is 341. The van der Waals surface area contributed by atoms with Crippen molar-refractivity contribution in [3.8, 4) is 0 Å². The number of hydrogen-bond acceptors (Lipinski definition) is 0. The first-order valence-corrected chi connectivity index (χ1v) is 6.10. The average Bonchev–Trinajstić information content (AvgIpc) is 2.25. The lowest BCUT2D eigenvalue weighted by Gasteiger charge is -2.18. The van der Waals surface area contributed by atoms with Gasteiger partial charge in [-0.2, -0.15) is 13.2 Å². The molecule has 1 rings (SSSR count). The van der Waals surface area contributed by atoms with E-state index in [2.05, 4.69) is 13.8 Å². The fourth-order valence-corrected chi connectivity index (χ4v) is 2.07. The Morgan fingerprint density at radius 2 is 1.65 bits per heavy atom. The van der Waals surface area contributed by atoms with Crippen molar-refractivity contribution >= 4 is 11.6 Å². The van der Waals surface area contributed by atoms with E-state index in [1.54, 1.807) is 0 Å². The molecule has 0 saturated heterocycles. The molecule has 1 unspecified atom stereocenters. The first-order chi connectivity index (χ1) is 7.84. The molecule has 0 heterocycles. The van der Waals surface area contributed by atoms with Gasteiger partial charge in [-0.1, -0.05) is 26.0 Å². The zero-order valence-corrected chi connectivity index (χ0v) is 10.6. The van der Waals surface area contributed by atoms with Crippen LogP contribution in [0.15, 0.2) is 24.3 Å². The van der Waals surface area contributed by atoms with E-state index in [4.69, 9.17) is 11.6 Å². The van der Waals surface area contributed by atoms with Crippen LogP contribution in [-0.4, -0.2) is 5.88 Å². The van der Waals surface area contributed by atoms with Gasteiger partial charge in [0.2, 0.25) is 0 Å². The molecule has 1 aromatic rings. The fourth-order valence-electron chi connectivity index (χ4n) is 1.60. The molecule has 0 aromatic heterocycles. The Hall–Kier alpha value is -0.700.